The van der Waals surface area contributed by atoms with E-state index in [4.69, 9.17) is 4.42 Å². The molecule has 0 fully saturated rings. The summed E-state index contributed by atoms with van der Waals surface area (Å²) in [4.78, 5) is 35.9. The van der Waals surface area contributed by atoms with Gasteiger partial charge in [0, 0.05) is 16.9 Å². The summed E-state index contributed by atoms with van der Waals surface area (Å²) in [6.07, 6.45) is 1.41. The summed E-state index contributed by atoms with van der Waals surface area (Å²) in [5.41, 5.74) is 7.46. The van der Waals surface area contributed by atoms with Gasteiger partial charge in [-0.15, -0.1) is 0 Å². The molecule has 3 aromatic rings. The first-order valence-corrected chi connectivity index (χ1v) is 8.86. The predicted molar refractivity (Wildman–Crippen MR) is 108 cm³/mol. The van der Waals surface area contributed by atoms with Crippen molar-refractivity contribution in [3.63, 3.8) is 0 Å². The largest absolute Gasteiger partial charge is 0.459 e. The zero-order valence-corrected chi connectivity index (χ0v) is 15.7. The number of furan rings is 1. The second kappa shape index (κ2) is 9.23. The number of hydrazine groups is 1. The molecule has 8 heteroatoms. The SMILES string of the molecule is Cc1ccc(NCC(=O)NNC(=O)c2ccc(NC(=O)c3ccco3)cc2)cc1. The number of nitrogens with one attached hydrogen (secondary N) is 4. The van der Waals surface area contributed by atoms with Crippen LogP contribution < -0.4 is 21.5 Å². The van der Waals surface area contributed by atoms with Crippen molar-refractivity contribution in [2.75, 3.05) is 17.2 Å². The molecule has 0 bridgehead atoms. The molecule has 0 unspecified atom stereocenters. The van der Waals surface area contributed by atoms with Crippen molar-refractivity contribution in [2.24, 2.45) is 0 Å². The van der Waals surface area contributed by atoms with E-state index >= 15 is 0 Å². The first-order chi connectivity index (χ1) is 14.0. The second-order valence-electron chi connectivity index (χ2n) is 6.23. The molecule has 1 aromatic heterocycles. The molecule has 0 aliphatic heterocycles. The summed E-state index contributed by atoms with van der Waals surface area (Å²) in [7, 11) is 0. The van der Waals surface area contributed by atoms with E-state index in [0.29, 0.717) is 11.3 Å². The molecule has 1 heterocycles. The molecule has 0 atom stereocenters. The zero-order valence-electron chi connectivity index (χ0n) is 15.7. The van der Waals surface area contributed by atoms with Gasteiger partial charge in [-0.1, -0.05) is 17.7 Å². The first kappa shape index (κ1) is 19.7. The van der Waals surface area contributed by atoms with Gasteiger partial charge in [0.1, 0.15) is 0 Å². The lowest BCUT2D eigenvalue weighted by Crippen LogP contribution is -2.44. The Balaban J connectivity index is 1.44. The Morgan fingerprint density at radius 3 is 2.17 bits per heavy atom. The maximum atomic E-state index is 12.1. The molecular weight excluding hydrogens is 372 g/mol. The van der Waals surface area contributed by atoms with Gasteiger partial charge in [-0.25, -0.2) is 0 Å². The van der Waals surface area contributed by atoms with Crippen molar-refractivity contribution >= 4 is 29.1 Å². The van der Waals surface area contributed by atoms with Gasteiger partial charge in [-0.05, 0) is 55.5 Å². The van der Waals surface area contributed by atoms with Crippen LogP contribution in [0, 0.1) is 6.92 Å². The van der Waals surface area contributed by atoms with Crippen LogP contribution in [0.25, 0.3) is 0 Å². The summed E-state index contributed by atoms with van der Waals surface area (Å²) in [6.45, 7) is 1.99. The van der Waals surface area contributed by atoms with Gasteiger partial charge in [0.2, 0.25) is 0 Å². The molecule has 3 rings (SSSR count). The highest BCUT2D eigenvalue weighted by Gasteiger charge is 2.10. The van der Waals surface area contributed by atoms with Crippen LogP contribution >= 0.6 is 0 Å². The standard InChI is InChI=1S/C21H20N4O4/c1-14-4-8-16(9-5-14)22-13-19(26)24-25-20(27)15-6-10-17(11-7-15)23-21(28)18-3-2-12-29-18/h2-12,22H,13H2,1H3,(H,23,28)(H,24,26)(H,25,27). The topological polar surface area (TPSA) is 112 Å². The molecule has 0 saturated carbocycles. The molecule has 0 aliphatic carbocycles. The number of aryl methyl sites for hydroxylation is 1. The van der Waals surface area contributed by atoms with E-state index in [0.717, 1.165) is 11.3 Å². The smallest absolute Gasteiger partial charge is 0.291 e. The molecule has 3 amide bonds. The van der Waals surface area contributed by atoms with Crippen molar-refractivity contribution in [2.45, 2.75) is 6.92 Å². The van der Waals surface area contributed by atoms with Crippen LogP contribution in [0.4, 0.5) is 11.4 Å². The lowest BCUT2D eigenvalue weighted by Gasteiger charge is -2.10. The van der Waals surface area contributed by atoms with Gasteiger partial charge in [0.15, 0.2) is 5.76 Å². The summed E-state index contributed by atoms with van der Waals surface area (Å²) >= 11 is 0. The minimum atomic E-state index is -0.474. The van der Waals surface area contributed by atoms with Crippen molar-refractivity contribution in [1.29, 1.82) is 0 Å². The Morgan fingerprint density at radius 2 is 1.52 bits per heavy atom. The van der Waals surface area contributed by atoms with Crippen molar-refractivity contribution in [3.05, 3.63) is 83.8 Å². The van der Waals surface area contributed by atoms with Crippen LogP contribution in [0.5, 0.6) is 0 Å². The molecule has 0 aliphatic rings. The highest BCUT2D eigenvalue weighted by molar-refractivity contribution is 6.02. The number of hydrogen-bond donors (Lipinski definition) is 4. The van der Waals surface area contributed by atoms with Crippen molar-refractivity contribution in [1.82, 2.24) is 10.9 Å². The zero-order chi connectivity index (χ0) is 20.6. The van der Waals surface area contributed by atoms with E-state index < -0.39 is 5.91 Å². The lowest BCUT2D eigenvalue weighted by atomic mass is 10.2. The third-order valence-corrected chi connectivity index (χ3v) is 3.97. The molecule has 4 N–H and O–H groups in total. The monoisotopic (exact) mass is 392 g/mol. The van der Waals surface area contributed by atoms with Crippen LogP contribution in [-0.4, -0.2) is 24.3 Å². The number of carbonyl (C=O) groups is 3. The van der Waals surface area contributed by atoms with Crippen LogP contribution in [0.2, 0.25) is 0 Å². The average molecular weight is 392 g/mol. The second-order valence-corrected chi connectivity index (χ2v) is 6.23. The molecule has 29 heavy (non-hydrogen) atoms. The summed E-state index contributed by atoms with van der Waals surface area (Å²) in [5, 5.41) is 5.62. The predicted octanol–water partition coefficient (Wildman–Crippen LogP) is 2.71. The number of amides is 3. The van der Waals surface area contributed by atoms with Gasteiger partial charge >= 0.3 is 0 Å². The summed E-state index contributed by atoms with van der Waals surface area (Å²) in [5.74, 6) is -1.06. The van der Waals surface area contributed by atoms with Gasteiger partial charge in [-0.3, -0.25) is 25.2 Å². The Bertz CT molecular complexity index is 981. The molecule has 0 spiro atoms. The molecule has 8 nitrogen and oxygen atoms in total. The maximum absolute atomic E-state index is 12.1. The van der Waals surface area contributed by atoms with E-state index in [-0.39, 0.29) is 24.1 Å². The Kier molecular flexibility index (Phi) is 6.26. The highest BCUT2D eigenvalue weighted by atomic mass is 16.3. The normalized spacial score (nSPS) is 10.1. The van der Waals surface area contributed by atoms with Crippen LogP contribution in [0.1, 0.15) is 26.5 Å². The van der Waals surface area contributed by atoms with E-state index in [1.807, 2.05) is 31.2 Å². The number of benzene rings is 2. The number of carbonyl (C=O) groups excluding carboxylic acids is 3. The van der Waals surface area contributed by atoms with E-state index in [9.17, 15) is 14.4 Å². The summed E-state index contributed by atoms with van der Waals surface area (Å²) in [6, 6.07) is 17.0. The average Bonchev–Trinajstić information content (AvgIpc) is 3.27. The fourth-order valence-corrected chi connectivity index (χ4v) is 2.40. The minimum Gasteiger partial charge on any atom is -0.459 e. The first-order valence-electron chi connectivity index (χ1n) is 8.86. The van der Waals surface area contributed by atoms with Gasteiger partial charge < -0.3 is 15.1 Å². The highest BCUT2D eigenvalue weighted by Crippen LogP contribution is 2.12. The fourth-order valence-electron chi connectivity index (χ4n) is 2.40. The number of rotatable bonds is 6. The Hall–Kier alpha value is -4.07. The number of hydrogen-bond acceptors (Lipinski definition) is 5. The molecule has 2 aromatic carbocycles. The molecule has 0 radical (unpaired) electrons. The van der Waals surface area contributed by atoms with Crippen molar-refractivity contribution < 1.29 is 18.8 Å². The van der Waals surface area contributed by atoms with Gasteiger partial charge in [-0.2, -0.15) is 0 Å². The van der Waals surface area contributed by atoms with Crippen LogP contribution in [0.15, 0.2) is 71.3 Å². The number of anilines is 2. The third kappa shape index (κ3) is 5.70. The van der Waals surface area contributed by atoms with Crippen LogP contribution in [0.3, 0.4) is 0 Å². The summed E-state index contributed by atoms with van der Waals surface area (Å²) < 4.78 is 5.02. The lowest BCUT2D eigenvalue weighted by molar-refractivity contribution is -0.120. The van der Waals surface area contributed by atoms with Crippen molar-refractivity contribution in [3.8, 4) is 0 Å². The van der Waals surface area contributed by atoms with Gasteiger partial charge in [0.05, 0.1) is 12.8 Å². The molecule has 148 valence electrons. The van der Waals surface area contributed by atoms with Gasteiger partial charge in [0.25, 0.3) is 17.7 Å². The minimum absolute atomic E-state index is 0.0150. The van der Waals surface area contributed by atoms with E-state index in [1.165, 1.54) is 18.4 Å². The fraction of sp³-hybridized carbons (Fsp3) is 0.0952. The third-order valence-electron chi connectivity index (χ3n) is 3.97. The van der Waals surface area contributed by atoms with Crippen LogP contribution in [-0.2, 0) is 4.79 Å². The Morgan fingerprint density at radius 1 is 0.828 bits per heavy atom. The molecular formula is C21H20N4O4. The Labute approximate surface area is 167 Å². The maximum Gasteiger partial charge on any atom is 0.291 e. The quantitative estimate of drug-likeness (QED) is 0.482. The van der Waals surface area contributed by atoms with E-state index in [2.05, 4.69) is 21.5 Å². The van der Waals surface area contributed by atoms with E-state index in [1.54, 1.807) is 24.3 Å². The molecule has 0 saturated heterocycles.